The lowest BCUT2D eigenvalue weighted by Crippen LogP contribution is -2.41. The standard InChI is InChI=1S/C24H20FNO4/c1-30-18-9-6-8-16(13-18)22(27)14-24(29)19-10-3-5-12-21(19)26(23(24)28)15-17-7-2-4-11-20(17)25/h2-13,29H,14-15H2,1H3. The number of Topliss-reactive ketones (excluding diaryl/α,β-unsaturated/α-hetero) is 1. The molecule has 1 aliphatic rings. The maximum absolute atomic E-state index is 14.2. The highest BCUT2D eigenvalue weighted by Crippen LogP contribution is 2.43. The van der Waals surface area contributed by atoms with Crippen LogP contribution in [0, 0.1) is 5.82 Å². The summed E-state index contributed by atoms with van der Waals surface area (Å²) >= 11 is 0. The fourth-order valence-electron chi connectivity index (χ4n) is 3.76. The highest BCUT2D eigenvalue weighted by Gasteiger charge is 2.50. The number of benzene rings is 3. The first-order valence-corrected chi connectivity index (χ1v) is 9.48. The van der Waals surface area contributed by atoms with Crippen LogP contribution in [0.15, 0.2) is 72.8 Å². The molecule has 0 radical (unpaired) electrons. The SMILES string of the molecule is COc1cccc(C(=O)CC2(O)C(=O)N(Cc3ccccc3F)c3ccccc32)c1. The van der Waals surface area contributed by atoms with Crippen LogP contribution in [0.25, 0.3) is 0 Å². The van der Waals surface area contributed by atoms with E-state index in [1.807, 2.05) is 0 Å². The number of carbonyl (C=O) groups excluding carboxylic acids is 2. The quantitative estimate of drug-likeness (QED) is 0.633. The monoisotopic (exact) mass is 405 g/mol. The van der Waals surface area contributed by atoms with Gasteiger partial charge in [-0.25, -0.2) is 4.39 Å². The lowest BCUT2D eigenvalue weighted by molar-refractivity contribution is -0.136. The summed E-state index contributed by atoms with van der Waals surface area (Å²) in [5.74, 6) is -0.978. The van der Waals surface area contributed by atoms with Crippen molar-refractivity contribution >= 4 is 17.4 Å². The van der Waals surface area contributed by atoms with Crippen molar-refractivity contribution in [1.29, 1.82) is 0 Å². The van der Waals surface area contributed by atoms with Gasteiger partial charge in [0.2, 0.25) is 0 Å². The van der Waals surface area contributed by atoms with Gasteiger partial charge in [-0.15, -0.1) is 0 Å². The average molecular weight is 405 g/mol. The second-order valence-electron chi connectivity index (χ2n) is 7.19. The molecule has 3 aromatic carbocycles. The molecule has 1 unspecified atom stereocenters. The summed E-state index contributed by atoms with van der Waals surface area (Å²) in [6.07, 6.45) is -0.427. The number of rotatable bonds is 6. The van der Waals surface area contributed by atoms with Crippen molar-refractivity contribution in [2.75, 3.05) is 12.0 Å². The molecule has 1 amide bonds. The summed E-state index contributed by atoms with van der Waals surface area (Å²) < 4.78 is 19.3. The summed E-state index contributed by atoms with van der Waals surface area (Å²) in [4.78, 5) is 27.5. The Morgan fingerprint density at radius 3 is 2.57 bits per heavy atom. The van der Waals surface area contributed by atoms with Gasteiger partial charge in [-0.3, -0.25) is 9.59 Å². The lowest BCUT2D eigenvalue weighted by Gasteiger charge is -2.23. The topological polar surface area (TPSA) is 66.8 Å². The van der Waals surface area contributed by atoms with Crippen LogP contribution in [0.5, 0.6) is 5.75 Å². The first-order chi connectivity index (χ1) is 14.4. The van der Waals surface area contributed by atoms with E-state index in [9.17, 15) is 19.1 Å². The number of para-hydroxylation sites is 1. The predicted octanol–water partition coefficient (Wildman–Crippen LogP) is 3.84. The first-order valence-electron chi connectivity index (χ1n) is 9.48. The van der Waals surface area contributed by atoms with Crippen LogP contribution < -0.4 is 9.64 Å². The smallest absolute Gasteiger partial charge is 0.264 e. The van der Waals surface area contributed by atoms with Gasteiger partial charge in [0.1, 0.15) is 11.6 Å². The van der Waals surface area contributed by atoms with Crippen molar-refractivity contribution in [2.24, 2.45) is 0 Å². The summed E-state index contributed by atoms with van der Waals surface area (Å²) in [7, 11) is 1.49. The molecule has 1 N–H and O–H groups in total. The fourth-order valence-corrected chi connectivity index (χ4v) is 3.76. The largest absolute Gasteiger partial charge is 0.497 e. The number of hydrogen-bond acceptors (Lipinski definition) is 4. The average Bonchev–Trinajstić information content (AvgIpc) is 2.97. The zero-order valence-corrected chi connectivity index (χ0v) is 16.3. The molecule has 152 valence electrons. The van der Waals surface area contributed by atoms with E-state index in [1.54, 1.807) is 66.7 Å². The Morgan fingerprint density at radius 1 is 1.07 bits per heavy atom. The molecular weight excluding hydrogens is 385 g/mol. The van der Waals surface area contributed by atoms with Gasteiger partial charge >= 0.3 is 0 Å². The van der Waals surface area contributed by atoms with Crippen LogP contribution in [0.4, 0.5) is 10.1 Å². The number of amides is 1. The Bertz CT molecular complexity index is 1130. The Labute approximate surface area is 173 Å². The molecule has 3 aromatic rings. The lowest BCUT2D eigenvalue weighted by atomic mass is 9.88. The van der Waals surface area contributed by atoms with Crippen molar-refractivity contribution in [3.05, 3.63) is 95.3 Å². The first kappa shape index (κ1) is 19.8. The second-order valence-corrected chi connectivity index (χ2v) is 7.19. The van der Waals surface area contributed by atoms with Crippen LogP contribution in [-0.2, 0) is 16.9 Å². The van der Waals surface area contributed by atoms with Gasteiger partial charge in [0.25, 0.3) is 5.91 Å². The molecule has 0 aromatic heterocycles. The molecule has 0 saturated heterocycles. The molecule has 1 aliphatic heterocycles. The normalized spacial score (nSPS) is 17.7. The van der Waals surface area contributed by atoms with Crippen molar-refractivity contribution in [1.82, 2.24) is 0 Å². The third-order valence-electron chi connectivity index (χ3n) is 5.33. The van der Waals surface area contributed by atoms with Gasteiger partial charge in [0.05, 0.1) is 25.8 Å². The number of fused-ring (bicyclic) bond motifs is 1. The van der Waals surface area contributed by atoms with E-state index in [0.717, 1.165) is 0 Å². The fraction of sp³-hybridized carbons (Fsp3) is 0.167. The third kappa shape index (κ3) is 3.35. The summed E-state index contributed by atoms with van der Waals surface area (Å²) in [6.45, 7) is -0.0435. The van der Waals surface area contributed by atoms with Crippen molar-refractivity contribution < 1.29 is 23.8 Å². The van der Waals surface area contributed by atoms with E-state index < -0.39 is 29.5 Å². The van der Waals surface area contributed by atoms with Gasteiger partial charge < -0.3 is 14.7 Å². The molecule has 0 aliphatic carbocycles. The number of hydrogen-bond donors (Lipinski definition) is 1. The summed E-state index contributed by atoms with van der Waals surface area (Å²) in [5, 5.41) is 11.4. The number of carbonyl (C=O) groups is 2. The maximum atomic E-state index is 14.2. The molecule has 6 heteroatoms. The number of methoxy groups -OCH3 is 1. The van der Waals surface area contributed by atoms with E-state index in [1.165, 1.54) is 18.1 Å². The Balaban J connectivity index is 1.68. The molecular formula is C24H20FNO4. The van der Waals surface area contributed by atoms with Crippen LogP contribution in [0.1, 0.15) is 27.9 Å². The number of aliphatic hydroxyl groups is 1. The van der Waals surface area contributed by atoms with Crippen LogP contribution >= 0.6 is 0 Å². The van der Waals surface area contributed by atoms with Gasteiger partial charge in [-0.05, 0) is 24.3 Å². The van der Waals surface area contributed by atoms with Crippen molar-refractivity contribution in [3.8, 4) is 5.75 Å². The van der Waals surface area contributed by atoms with Crippen LogP contribution in [0.2, 0.25) is 0 Å². The van der Waals surface area contributed by atoms with E-state index in [-0.39, 0.29) is 6.54 Å². The van der Waals surface area contributed by atoms with Gasteiger partial charge in [-0.1, -0.05) is 48.5 Å². The highest BCUT2D eigenvalue weighted by molar-refractivity contribution is 6.10. The zero-order valence-electron chi connectivity index (χ0n) is 16.3. The Kier molecular flexibility index (Phi) is 5.10. The molecule has 1 heterocycles. The van der Waals surface area contributed by atoms with Crippen LogP contribution in [0.3, 0.4) is 0 Å². The van der Waals surface area contributed by atoms with Crippen LogP contribution in [-0.4, -0.2) is 23.9 Å². The van der Waals surface area contributed by atoms with E-state index in [4.69, 9.17) is 4.74 Å². The number of nitrogens with zero attached hydrogens (tertiary/aromatic N) is 1. The van der Waals surface area contributed by atoms with E-state index in [0.29, 0.717) is 28.1 Å². The minimum atomic E-state index is -2.03. The number of ether oxygens (including phenoxy) is 1. The summed E-state index contributed by atoms with van der Waals surface area (Å²) in [5.41, 5.74) is -0.568. The molecule has 30 heavy (non-hydrogen) atoms. The van der Waals surface area contributed by atoms with Gasteiger partial charge in [0.15, 0.2) is 11.4 Å². The number of anilines is 1. The van der Waals surface area contributed by atoms with E-state index >= 15 is 0 Å². The Hall–Kier alpha value is -3.51. The van der Waals surface area contributed by atoms with Crippen molar-refractivity contribution in [2.45, 2.75) is 18.6 Å². The molecule has 4 rings (SSSR count). The predicted molar refractivity (Wildman–Crippen MR) is 110 cm³/mol. The number of ketones is 1. The minimum absolute atomic E-state index is 0.0435. The third-order valence-corrected chi connectivity index (χ3v) is 5.33. The molecule has 0 spiro atoms. The van der Waals surface area contributed by atoms with Gasteiger partial charge in [-0.2, -0.15) is 0 Å². The maximum Gasteiger partial charge on any atom is 0.264 e. The zero-order chi connectivity index (χ0) is 21.3. The minimum Gasteiger partial charge on any atom is -0.497 e. The highest BCUT2D eigenvalue weighted by atomic mass is 19.1. The van der Waals surface area contributed by atoms with Crippen molar-refractivity contribution in [3.63, 3.8) is 0 Å². The summed E-state index contributed by atoms with van der Waals surface area (Å²) in [6, 6.07) is 19.4. The number of halogens is 1. The molecule has 0 fully saturated rings. The van der Waals surface area contributed by atoms with Gasteiger partial charge in [0, 0.05) is 16.7 Å². The molecule has 0 saturated carbocycles. The Morgan fingerprint density at radius 2 is 1.80 bits per heavy atom. The molecule has 1 atom stereocenters. The molecule has 0 bridgehead atoms. The molecule has 5 nitrogen and oxygen atoms in total. The van der Waals surface area contributed by atoms with E-state index in [2.05, 4.69) is 0 Å². The second kappa shape index (κ2) is 7.72.